The lowest BCUT2D eigenvalue weighted by atomic mass is 9.97. The van der Waals surface area contributed by atoms with Crippen molar-refractivity contribution >= 4 is 98.6 Å². The molecule has 500 valence electrons. The van der Waals surface area contributed by atoms with Gasteiger partial charge in [-0.05, 0) is 240 Å². The molecule has 0 atom stereocenters. The van der Waals surface area contributed by atoms with Crippen LogP contribution in [0.4, 0.5) is 11.4 Å². The minimum Gasteiger partial charge on any atom is -0.310 e. The van der Waals surface area contributed by atoms with Crippen LogP contribution in [0.3, 0.4) is 0 Å². The lowest BCUT2D eigenvalue weighted by molar-refractivity contribution is 0.928. The molecule has 0 unspecified atom stereocenters. The van der Waals surface area contributed by atoms with Crippen LogP contribution < -0.4 is 0 Å². The Morgan fingerprint density at radius 2 is 0.462 bits per heavy atom. The fourth-order valence-electron chi connectivity index (χ4n) is 15.7. The Hall–Kier alpha value is -13.2. The van der Waals surface area contributed by atoms with E-state index in [2.05, 4.69) is 287 Å². The van der Waals surface area contributed by atoms with Crippen LogP contribution in [-0.2, 0) is 0 Å². The number of fused-ring (bicyclic) bond motifs is 12. The molecule has 0 saturated heterocycles. The zero-order chi connectivity index (χ0) is 71.7. The van der Waals surface area contributed by atoms with E-state index < -0.39 is 0 Å². The summed E-state index contributed by atoms with van der Waals surface area (Å²) in [6.45, 7) is 41.0. The van der Waals surface area contributed by atoms with Gasteiger partial charge in [0.2, 0.25) is 0 Å². The molecule has 0 bridgehead atoms. The smallest absolute Gasteiger partial charge is 0.189 e. The van der Waals surface area contributed by atoms with E-state index in [1.807, 2.05) is 52.0 Å². The average molecular weight is 1350 g/mol. The van der Waals surface area contributed by atoms with Crippen molar-refractivity contribution in [2.24, 2.45) is 0 Å². The average Bonchev–Trinajstić information content (AvgIpc) is 1.56. The molecule has 0 N–H and O–H groups in total. The third-order valence-corrected chi connectivity index (χ3v) is 20.3. The molecule has 0 spiro atoms. The Morgan fingerprint density at radius 1 is 0.221 bits per heavy atom. The van der Waals surface area contributed by atoms with Gasteiger partial charge in [-0.1, -0.05) is 111 Å². The molecule has 104 heavy (non-hydrogen) atoms. The van der Waals surface area contributed by atoms with Crippen LogP contribution in [-0.4, -0.2) is 48.2 Å². The molecule has 0 aliphatic heterocycles. The maximum absolute atomic E-state index is 8.12. The third kappa shape index (κ3) is 10.9. The zero-order valence-corrected chi connectivity index (χ0v) is 60.2. The van der Waals surface area contributed by atoms with Crippen LogP contribution in [0.25, 0.3) is 165 Å². The third-order valence-electron chi connectivity index (χ3n) is 20.3. The second-order valence-corrected chi connectivity index (χ2v) is 28.1. The van der Waals surface area contributed by atoms with Gasteiger partial charge in [0.25, 0.3) is 0 Å². The Labute approximate surface area is 603 Å². The SMILES string of the molecule is [C-]#[N+]c1ccc(-c2cc(-c3nc(C)nc(C)n3)ccc2-n2c3ccc(C)cc3c3cc(C)ccc32)c(-n2c3ccc(C)cc3c3cc(C)ccc32)c1.[C-]#[N+]c1ccc(-n2c3ccc(C)cc3c3cc(C)ccc32)c(-c2cc(-c3nc(C)nc(C)n3)ccc2-n2c3ccc(C)cc3c3cc(C)ccc32)c1. The largest absolute Gasteiger partial charge is 0.310 e. The molecule has 0 saturated carbocycles. The second kappa shape index (κ2) is 24.9. The van der Waals surface area contributed by atoms with E-state index in [1.165, 1.54) is 87.6 Å². The second-order valence-electron chi connectivity index (χ2n) is 28.1. The Morgan fingerprint density at radius 3 is 0.750 bits per heavy atom. The predicted octanol–water partition coefficient (Wildman–Crippen LogP) is 23.6. The van der Waals surface area contributed by atoms with Crippen molar-refractivity contribution in [3.63, 3.8) is 0 Å². The maximum atomic E-state index is 8.12. The predicted molar refractivity (Wildman–Crippen MR) is 428 cm³/mol. The number of aryl methyl sites for hydroxylation is 12. The van der Waals surface area contributed by atoms with Crippen molar-refractivity contribution in [3.05, 3.63) is 309 Å². The van der Waals surface area contributed by atoms with Gasteiger partial charge in [-0.25, -0.2) is 39.6 Å². The summed E-state index contributed by atoms with van der Waals surface area (Å²) >= 11 is 0. The topological polar surface area (TPSA) is 106 Å². The first-order chi connectivity index (χ1) is 50.3. The number of rotatable bonds is 8. The van der Waals surface area contributed by atoms with E-state index >= 15 is 0 Å². The first-order valence-electron chi connectivity index (χ1n) is 35.1. The van der Waals surface area contributed by atoms with E-state index in [-0.39, 0.29) is 0 Å². The van der Waals surface area contributed by atoms with Crippen molar-refractivity contribution in [2.75, 3.05) is 0 Å². The van der Waals surface area contributed by atoms with Gasteiger partial charge in [-0.15, -0.1) is 0 Å². The minimum absolute atomic E-state index is 0.572. The molecule has 0 amide bonds. The molecule has 0 aliphatic carbocycles. The first kappa shape index (κ1) is 64.2. The maximum Gasteiger partial charge on any atom is 0.189 e. The molecule has 18 rings (SSSR count). The normalized spacial score (nSPS) is 11.6. The lowest BCUT2D eigenvalue weighted by Crippen LogP contribution is -2.03. The highest BCUT2D eigenvalue weighted by Gasteiger charge is 2.26. The van der Waals surface area contributed by atoms with Gasteiger partial charge >= 0.3 is 0 Å². The number of hydrogen-bond acceptors (Lipinski definition) is 6. The summed E-state index contributed by atoms with van der Waals surface area (Å²) < 4.78 is 9.45. The van der Waals surface area contributed by atoms with Gasteiger partial charge in [0.1, 0.15) is 23.3 Å². The summed E-state index contributed by atoms with van der Waals surface area (Å²) in [7, 11) is 0. The molecule has 0 aliphatic rings. The number of hydrogen-bond donors (Lipinski definition) is 0. The van der Waals surface area contributed by atoms with E-state index in [0.29, 0.717) is 46.3 Å². The van der Waals surface area contributed by atoms with Crippen molar-refractivity contribution in [1.82, 2.24) is 48.2 Å². The van der Waals surface area contributed by atoms with Crippen LogP contribution in [0.2, 0.25) is 0 Å². The molecule has 0 fully saturated rings. The van der Waals surface area contributed by atoms with Crippen LogP contribution in [0.1, 0.15) is 67.8 Å². The van der Waals surface area contributed by atoms with E-state index in [9.17, 15) is 0 Å². The van der Waals surface area contributed by atoms with Crippen LogP contribution in [0, 0.1) is 96.2 Å². The van der Waals surface area contributed by atoms with E-state index in [0.717, 1.165) is 100 Å². The van der Waals surface area contributed by atoms with Crippen molar-refractivity contribution in [2.45, 2.75) is 83.1 Å². The van der Waals surface area contributed by atoms with E-state index in [1.54, 1.807) is 0 Å². The van der Waals surface area contributed by atoms with Crippen molar-refractivity contribution in [3.8, 4) is 67.8 Å². The van der Waals surface area contributed by atoms with Crippen LogP contribution >= 0.6 is 0 Å². The van der Waals surface area contributed by atoms with Gasteiger partial charge in [-0.2, -0.15) is 0 Å². The summed E-state index contributed by atoms with van der Waals surface area (Å²) in [6, 6.07) is 78.6. The zero-order valence-electron chi connectivity index (χ0n) is 60.2. The monoisotopic (exact) mass is 1340 g/mol. The highest BCUT2D eigenvalue weighted by molar-refractivity contribution is 6.14. The molecule has 18 aromatic rings. The van der Waals surface area contributed by atoms with Crippen molar-refractivity contribution in [1.29, 1.82) is 0 Å². The fraction of sp³-hybridized carbons (Fsp3) is 0.130. The van der Waals surface area contributed by atoms with E-state index in [4.69, 9.17) is 33.1 Å². The molecule has 12 heteroatoms. The van der Waals surface area contributed by atoms with Gasteiger partial charge in [0, 0.05) is 76.6 Å². The highest BCUT2D eigenvalue weighted by Crippen LogP contribution is 2.47. The Kier molecular flexibility index (Phi) is 15.4. The molecule has 12 aromatic carbocycles. The minimum atomic E-state index is 0.572. The van der Waals surface area contributed by atoms with Gasteiger partial charge in [0.05, 0.1) is 74.3 Å². The molecule has 12 nitrogen and oxygen atoms in total. The number of nitrogens with zero attached hydrogens (tertiary/aromatic N) is 12. The quantitative estimate of drug-likeness (QED) is 0.140. The Bertz CT molecular complexity index is 6520. The molecular formula is C92H72N12. The Balaban J connectivity index is 0.000000154. The van der Waals surface area contributed by atoms with Gasteiger partial charge < -0.3 is 18.3 Å². The summed E-state index contributed by atoms with van der Waals surface area (Å²) in [5.41, 5.74) is 29.5. The van der Waals surface area contributed by atoms with Gasteiger partial charge in [0.15, 0.2) is 23.0 Å². The van der Waals surface area contributed by atoms with Crippen LogP contribution in [0.5, 0.6) is 0 Å². The summed E-state index contributed by atoms with van der Waals surface area (Å²) in [4.78, 5) is 35.9. The standard InChI is InChI=1S/2C46H36N6/c1-26-8-15-40-35(20-26)36-21-27(2)9-16-41(36)51(40)44-19-12-32(46-49-30(5)48-31(6)50-46)24-39(44)34-14-13-33(47-7)25-45(34)52-42-17-10-28(3)22-37(42)38-23-29(4)11-18-43(38)52;1-26-8-14-40-34(20-26)35-21-27(2)9-15-41(35)51(40)44-18-12-32(46-49-30(5)48-31(6)50-46)24-38(44)39-25-33(47-7)13-19-45(39)52-42-16-10-28(3)22-36(42)37-23-29(4)11-17-43(37)52/h2*8-25H,1-6H3. The van der Waals surface area contributed by atoms with Crippen LogP contribution in [0.15, 0.2) is 218 Å². The van der Waals surface area contributed by atoms with Crippen molar-refractivity contribution < 1.29 is 0 Å². The number of benzene rings is 12. The number of aromatic nitrogens is 10. The molecular weight excluding hydrogens is 1270 g/mol. The summed E-state index contributed by atoms with van der Waals surface area (Å²) in [6.07, 6.45) is 0. The first-order valence-corrected chi connectivity index (χ1v) is 35.1. The lowest BCUT2D eigenvalue weighted by Gasteiger charge is -2.20. The fourth-order valence-corrected chi connectivity index (χ4v) is 15.7. The highest BCUT2D eigenvalue weighted by atomic mass is 15.1. The summed E-state index contributed by atoms with van der Waals surface area (Å²) in [5, 5.41) is 9.64. The van der Waals surface area contributed by atoms with Gasteiger partial charge in [-0.3, -0.25) is 0 Å². The summed E-state index contributed by atoms with van der Waals surface area (Å²) in [5.74, 6) is 3.96. The molecule has 0 radical (unpaired) electrons. The molecule has 6 aromatic heterocycles. The molecule has 6 heterocycles.